The van der Waals surface area contributed by atoms with Gasteiger partial charge in [-0.25, -0.2) is 13.4 Å². The summed E-state index contributed by atoms with van der Waals surface area (Å²) in [5, 5.41) is 6.42. The van der Waals surface area contributed by atoms with Gasteiger partial charge in [0.25, 0.3) is 0 Å². The topological polar surface area (TPSA) is 126 Å². The number of hydrogen-bond acceptors (Lipinski definition) is 7. The lowest BCUT2D eigenvalue weighted by molar-refractivity contribution is -0.150. The number of β-lactam (4-membered cyclic amide) rings is 1. The second kappa shape index (κ2) is 6.55. The minimum absolute atomic E-state index is 0.103. The molecule has 2 N–H and O–H groups in total. The van der Waals surface area contributed by atoms with Crippen molar-refractivity contribution < 1.29 is 22.8 Å². The number of sulfone groups is 1. The second-order valence-electron chi connectivity index (χ2n) is 7.57. The maximum atomic E-state index is 12.9. The molecule has 9 nitrogen and oxygen atoms in total. The molecule has 3 amide bonds. The van der Waals surface area contributed by atoms with Crippen LogP contribution in [0.15, 0.2) is 11.6 Å². The number of thiazole rings is 1. The van der Waals surface area contributed by atoms with Gasteiger partial charge in [0.05, 0.1) is 11.2 Å². The van der Waals surface area contributed by atoms with Crippen LogP contribution in [0.25, 0.3) is 0 Å². The van der Waals surface area contributed by atoms with Crippen molar-refractivity contribution in [1.29, 1.82) is 0 Å². The van der Waals surface area contributed by atoms with Crippen molar-refractivity contribution in [3.05, 3.63) is 11.6 Å². The Balaban J connectivity index is 1.81. The van der Waals surface area contributed by atoms with Crippen molar-refractivity contribution >= 4 is 44.0 Å². The Labute approximate surface area is 161 Å². The first-order valence-electron chi connectivity index (χ1n) is 8.54. The predicted molar refractivity (Wildman–Crippen MR) is 99.6 cm³/mol. The molecule has 148 valence electrons. The molecule has 2 aliphatic rings. The van der Waals surface area contributed by atoms with Gasteiger partial charge in [-0.1, -0.05) is 13.8 Å². The van der Waals surface area contributed by atoms with Crippen molar-refractivity contribution in [2.24, 2.45) is 5.92 Å². The third kappa shape index (κ3) is 3.02. The standard InChI is InChI=1S/C16H22N4O5S2/c1-8(2)11(13(22)19-15-17-5-6-26-15)18-14(23)12-16(3,4)27(24,25)10-7-9(21)20(10)12/h5-6,8,10-12H,7H2,1-4H3,(H,18,23)(H,17,19,22). The molecule has 2 fully saturated rings. The summed E-state index contributed by atoms with van der Waals surface area (Å²) in [6.07, 6.45) is 1.44. The van der Waals surface area contributed by atoms with Gasteiger partial charge in [0.2, 0.25) is 17.7 Å². The number of nitrogens with one attached hydrogen (secondary N) is 2. The van der Waals surface area contributed by atoms with Crippen LogP contribution in [0, 0.1) is 5.92 Å². The summed E-state index contributed by atoms with van der Waals surface area (Å²) < 4.78 is 23.9. The Hall–Kier alpha value is -2.01. The molecule has 0 radical (unpaired) electrons. The van der Waals surface area contributed by atoms with E-state index in [2.05, 4.69) is 15.6 Å². The van der Waals surface area contributed by atoms with Gasteiger partial charge in [-0.3, -0.25) is 14.4 Å². The van der Waals surface area contributed by atoms with Crippen molar-refractivity contribution in [1.82, 2.24) is 15.2 Å². The fourth-order valence-electron chi connectivity index (χ4n) is 3.49. The molecular weight excluding hydrogens is 392 g/mol. The van der Waals surface area contributed by atoms with E-state index in [0.29, 0.717) is 5.13 Å². The highest BCUT2D eigenvalue weighted by Gasteiger charge is 2.67. The van der Waals surface area contributed by atoms with Gasteiger partial charge in [-0.15, -0.1) is 11.3 Å². The Morgan fingerprint density at radius 1 is 1.37 bits per heavy atom. The molecule has 0 bridgehead atoms. The molecular formula is C16H22N4O5S2. The summed E-state index contributed by atoms with van der Waals surface area (Å²) in [7, 11) is -3.67. The van der Waals surface area contributed by atoms with Crippen LogP contribution >= 0.6 is 11.3 Å². The minimum Gasteiger partial charge on any atom is -0.342 e. The molecule has 3 unspecified atom stereocenters. The highest BCUT2D eigenvalue weighted by molar-refractivity contribution is 7.93. The van der Waals surface area contributed by atoms with Gasteiger partial charge < -0.3 is 15.5 Å². The molecule has 11 heteroatoms. The molecule has 0 aliphatic carbocycles. The van der Waals surface area contributed by atoms with Gasteiger partial charge in [0.15, 0.2) is 15.0 Å². The molecule has 3 heterocycles. The van der Waals surface area contributed by atoms with Gasteiger partial charge in [0.1, 0.15) is 17.5 Å². The van der Waals surface area contributed by atoms with E-state index in [1.807, 2.05) is 0 Å². The van der Waals surface area contributed by atoms with Crippen LogP contribution in [-0.2, 0) is 24.2 Å². The van der Waals surface area contributed by atoms with Crippen LogP contribution in [0.3, 0.4) is 0 Å². The first-order valence-corrected chi connectivity index (χ1v) is 11.0. The number of carbonyl (C=O) groups is 3. The van der Waals surface area contributed by atoms with E-state index in [0.717, 1.165) is 4.90 Å². The maximum Gasteiger partial charge on any atom is 0.248 e. The van der Waals surface area contributed by atoms with Crippen LogP contribution < -0.4 is 10.6 Å². The summed E-state index contributed by atoms with van der Waals surface area (Å²) in [5.41, 5.74) is 0. The minimum atomic E-state index is -3.67. The van der Waals surface area contributed by atoms with Crippen molar-refractivity contribution in [3.63, 3.8) is 0 Å². The molecule has 0 aromatic carbocycles. The molecule has 3 atom stereocenters. The highest BCUT2D eigenvalue weighted by atomic mass is 32.2. The van der Waals surface area contributed by atoms with E-state index in [1.165, 1.54) is 25.2 Å². The van der Waals surface area contributed by atoms with Crippen LogP contribution in [-0.4, -0.2) is 58.2 Å². The summed E-state index contributed by atoms with van der Waals surface area (Å²) >= 11 is 1.25. The van der Waals surface area contributed by atoms with Crippen LogP contribution in [0.5, 0.6) is 0 Å². The van der Waals surface area contributed by atoms with E-state index < -0.39 is 43.9 Å². The summed E-state index contributed by atoms with van der Waals surface area (Å²) in [6, 6.07) is -2.06. The van der Waals surface area contributed by atoms with Gasteiger partial charge in [-0.2, -0.15) is 0 Å². The lowest BCUT2D eigenvalue weighted by atomic mass is 9.95. The number of aromatic nitrogens is 1. The van der Waals surface area contributed by atoms with Crippen LogP contribution in [0.4, 0.5) is 5.13 Å². The molecule has 2 saturated heterocycles. The number of nitrogens with zero attached hydrogens (tertiary/aromatic N) is 2. The normalized spacial score (nSPS) is 26.3. The van der Waals surface area contributed by atoms with E-state index >= 15 is 0 Å². The number of amides is 3. The fourth-order valence-corrected chi connectivity index (χ4v) is 6.15. The number of rotatable bonds is 5. The molecule has 0 spiro atoms. The quantitative estimate of drug-likeness (QED) is 0.670. The lowest BCUT2D eigenvalue weighted by Gasteiger charge is -2.37. The van der Waals surface area contributed by atoms with E-state index in [9.17, 15) is 22.8 Å². The number of fused-ring (bicyclic) bond motifs is 1. The monoisotopic (exact) mass is 414 g/mol. The summed E-state index contributed by atoms with van der Waals surface area (Å²) in [5.74, 6) is -1.72. The Kier molecular flexibility index (Phi) is 4.79. The van der Waals surface area contributed by atoms with Crippen molar-refractivity contribution in [2.45, 2.75) is 56.3 Å². The number of hydrogen-bond donors (Lipinski definition) is 2. The average Bonchev–Trinajstić information content (AvgIpc) is 3.10. The molecule has 1 aromatic rings. The zero-order chi connectivity index (χ0) is 20.1. The van der Waals surface area contributed by atoms with Gasteiger partial charge in [0, 0.05) is 11.6 Å². The highest BCUT2D eigenvalue weighted by Crippen LogP contribution is 2.45. The first-order chi connectivity index (χ1) is 12.5. The van der Waals surface area contributed by atoms with Gasteiger partial charge >= 0.3 is 0 Å². The molecule has 3 rings (SSSR count). The zero-order valence-electron chi connectivity index (χ0n) is 15.4. The van der Waals surface area contributed by atoms with Crippen LogP contribution in [0.2, 0.25) is 0 Å². The SMILES string of the molecule is CC(C)C(NC(=O)C1N2C(=O)CC2S(=O)(=O)C1(C)C)C(=O)Nc1nccs1. The van der Waals surface area contributed by atoms with Crippen molar-refractivity contribution in [2.75, 3.05) is 5.32 Å². The maximum absolute atomic E-state index is 12.9. The zero-order valence-corrected chi connectivity index (χ0v) is 17.1. The molecule has 2 aliphatic heterocycles. The van der Waals surface area contributed by atoms with E-state index in [-0.39, 0.29) is 18.2 Å². The Morgan fingerprint density at radius 3 is 2.56 bits per heavy atom. The summed E-state index contributed by atoms with van der Waals surface area (Å²) in [6.45, 7) is 6.41. The fraction of sp³-hybridized carbons (Fsp3) is 0.625. The van der Waals surface area contributed by atoms with Crippen LogP contribution in [0.1, 0.15) is 34.1 Å². The average molecular weight is 415 g/mol. The molecule has 1 aromatic heterocycles. The number of anilines is 1. The number of carbonyl (C=O) groups excluding carboxylic acids is 3. The Bertz CT molecular complexity index is 879. The first kappa shape index (κ1) is 19.7. The largest absolute Gasteiger partial charge is 0.342 e. The third-order valence-corrected chi connectivity index (χ3v) is 8.62. The molecule has 27 heavy (non-hydrogen) atoms. The van der Waals surface area contributed by atoms with E-state index in [4.69, 9.17) is 0 Å². The van der Waals surface area contributed by atoms with Gasteiger partial charge in [-0.05, 0) is 19.8 Å². The van der Waals surface area contributed by atoms with E-state index in [1.54, 1.807) is 25.4 Å². The van der Waals surface area contributed by atoms with Crippen molar-refractivity contribution in [3.8, 4) is 0 Å². The third-order valence-electron chi connectivity index (χ3n) is 5.13. The smallest absolute Gasteiger partial charge is 0.248 e. The summed E-state index contributed by atoms with van der Waals surface area (Å²) in [4.78, 5) is 42.6. The predicted octanol–water partition coefficient (Wildman–Crippen LogP) is 0.356. The molecule has 0 saturated carbocycles. The lowest BCUT2D eigenvalue weighted by Crippen LogP contribution is -2.61. The second-order valence-corrected chi connectivity index (χ2v) is 11.1. The Morgan fingerprint density at radius 2 is 2.04 bits per heavy atom.